The quantitative estimate of drug-likeness (QED) is 0.614. The molecule has 0 saturated heterocycles. The minimum atomic E-state index is -4.28. The van der Waals surface area contributed by atoms with Crippen LogP contribution in [-0.2, 0) is 6.54 Å². The molecule has 1 aromatic carbocycles. The van der Waals surface area contributed by atoms with Crippen LogP contribution >= 0.6 is 11.6 Å². The normalized spacial score (nSPS) is 15.7. The van der Waals surface area contributed by atoms with Crippen molar-refractivity contribution >= 4 is 17.3 Å². The van der Waals surface area contributed by atoms with Crippen LogP contribution in [-0.4, -0.2) is 28.6 Å². The summed E-state index contributed by atoms with van der Waals surface area (Å²) >= 11 is 5.67. The lowest BCUT2D eigenvalue weighted by Crippen LogP contribution is -2.35. The van der Waals surface area contributed by atoms with E-state index >= 15 is 0 Å². The van der Waals surface area contributed by atoms with E-state index in [0.717, 1.165) is 12.8 Å². The van der Waals surface area contributed by atoms with Crippen LogP contribution in [0.1, 0.15) is 18.4 Å². The standard InChI is InChI=1S/C12H12ClF3N2O2/c13-10-4-1-8(5-11(10)18(19)20)6-17(9-2-3-9)7-12(14,15)16/h1,4-5,9H,2-3,6-7H2. The number of hydrogen-bond donors (Lipinski definition) is 0. The maximum absolute atomic E-state index is 12.5. The molecule has 0 bridgehead atoms. The molecule has 0 heterocycles. The fourth-order valence-electron chi connectivity index (χ4n) is 2.02. The van der Waals surface area contributed by atoms with Gasteiger partial charge in [-0.15, -0.1) is 0 Å². The molecular formula is C12H12ClF3N2O2. The number of nitro groups is 1. The molecule has 0 N–H and O–H groups in total. The first-order valence-electron chi connectivity index (χ1n) is 6.00. The van der Waals surface area contributed by atoms with Crippen LogP contribution in [0, 0.1) is 10.1 Å². The van der Waals surface area contributed by atoms with Gasteiger partial charge < -0.3 is 0 Å². The van der Waals surface area contributed by atoms with Crippen molar-refractivity contribution in [3.05, 3.63) is 38.9 Å². The van der Waals surface area contributed by atoms with Gasteiger partial charge in [0.25, 0.3) is 5.69 Å². The molecule has 2 rings (SSSR count). The largest absolute Gasteiger partial charge is 0.401 e. The molecule has 1 fully saturated rings. The Labute approximate surface area is 118 Å². The van der Waals surface area contributed by atoms with Crippen LogP contribution in [0.5, 0.6) is 0 Å². The Morgan fingerprint density at radius 2 is 2.05 bits per heavy atom. The maximum Gasteiger partial charge on any atom is 0.401 e. The lowest BCUT2D eigenvalue weighted by Gasteiger charge is -2.23. The zero-order valence-corrected chi connectivity index (χ0v) is 11.1. The highest BCUT2D eigenvalue weighted by atomic mass is 35.5. The molecular weight excluding hydrogens is 297 g/mol. The number of hydrogen-bond acceptors (Lipinski definition) is 3. The number of halogens is 4. The van der Waals surface area contributed by atoms with Crippen LogP contribution in [0.15, 0.2) is 18.2 Å². The Hall–Kier alpha value is -1.34. The van der Waals surface area contributed by atoms with Crippen molar-refractivity contribution in [2.45, 2.75) is 31.6 Å². The summed E-state index contributed by atoms with van der Waals surface area (Å²) in [6, 6.07) is 3.99. The summed E-state index contributed by atoms with van der Waals surface area (Å²) in [5.41, 5.74) is 0.171. The summed E-state index contributed by atoms with van der Waals surface area (Å²) in [6.07, 6.45) is -2.82. The summed E-state index contributed by atoms with van der Waals surface area (Å²) in [6.45, 7) is -0.976. The Bertz CT molecular complexity index is 518. The van der Waals surface area contributed by atoms with Crippen molar-refractivity contribution in [1.82, 2.24) is 4.90 Å². The predicted octanol–water partition coefficient (Wildman–Crippen LogP) is 3.77. The molecule has 8 heteroatoms. The molecule has 0 atom stereocenters. The van der Waals surface area contributed by atoms with E-state index in [1.807, 2.05) is 0 Å². The molecule has 0 spiro atoms. The summed E-state index contributed by atoms with van der Waals surface area (Å²) < 4.78 is 37.5. The SMILES string of the molecule is O=[N+]([O-])c1cc(CN(CC(F)(F)F)C2CC2)ccc1Cl. The average Bonchev–Trinajstić information content (AvgIpc) is 3.12. The molecule has 0 amide bonds. The summed E-state index contributed by atoms with van der Waals surface area (Å²) in [7, 11) is 0. The van der Waals surface area contributed by atoms with Crippen LogP contribution in [0.4, 0.5) is 18.9 Å². The van der Waals surface area contributed by atoms with Crippen molar-refractivity contribution in [2.24, 2.45) is 0 Å². The third-order valence-corrected chi connectivity index (χ3v) is 3.36. The minimum Gasteiger partial charge on any atom is -0.288 e. The number of nitrogens with zero attached hydrogens (tertiary/aromatic N) is 2. The zero-order valence-electron chi connectivity index (χ0n) is 10.4. The summed E-state index contributed by atoms with van der Waals surface area (Å²) in [4.78, 5) is 11.4. The van der Waals surface area contributed by atoms with Gasteiger partial charge in [-0.2, -0.15) is 13.2 Å². The van der Waals surface area contributed by atoms with Gasteiger partial charge in [0.2, 0.25) is 0 Å². The molecule has 0 radical (unpaired) electrons. The van der Waals surface area contributed by atoms with E-state index in [9.17, 15) is 23.3 Å². The highest BCUT2D eigenvalue weighted by Crippen LogP contribution is 2.32. The molecule has 0 aromatic heterocycles. The van der Waals surface area contributed by atoms with Crippen LogP contribution in [0.25, 0.3) is 0 Å². The Kier molecular flexibility index (Phi) is 4.19. The van der Waals surface area contributed by atoms with Gasteiger partial charge in [0.05, 0.1) is 11.5 Å². The predicted molar refractivity (Wildman–Crippen MR) is 67.6 cm³/mol. The minimum absolute atomic E-state index is 0.0208. The average molecular weight is 309 g/mol. The number of nitro benzene ring substituents is 1. The van der Waals surface area contributed by atoms with E-state index in [4.69, 9.17) is 11.6 Å². The zero-order chi connectivity index (χ0) is 14.9. The van der Waals surface area contributed by atoms with Gasteiger partial charge in [-0.05, 0) is 24.5 Å². The van der Waals surface area contributed by atoms with E-state index in [1.165, 1.54) is 23.1 Å². The topological polar surface area (TPSA) is 46.4 Å². The van der Waals surface area contributed by atoms with Gasteiger partial charge in [-0.25, -0.2) is 0 Å². The molecule has 0 unspecified atom stereocenters. The lowest BCUT2D eigenvalue weighted by atomic mass is 10.2. The van der Waals surface area contributed by atoms with E-state index in [2.05, 4.69) is 0 Å². The number of alkyl halides is 3. The van der Waals surface area contributed by atoms with Crippen molar-refractivity contribution in [3.63, 3.8) is 0 Å². The van der Waals surface area contributed by atoms with Crippen molar-refractivity contribution in [3.8, 4) is 0 Å². The molecule has 110 valence electrons. The van der Waals surface area contributed by atoms with Gasteiger partial charge >= 0.3 is 6.18 Å². The first-order valence-corrected chi connectivity index (χ1v) is 6.37. The maximum atomic E-state index is 12.5. The van der Waals surface area contributed by atoms with Crippen molar-refractivity contribution in [2.75, 3.05) is 6.54 Å². The second-order valence-corrected chi connectivity index (χ2v) is 5.20. The Morgan fingerprint density at radius 3 is 2.55 bits per heavy atom. The van der Waals surface area contributed by atoms with Crippen molar-refractivity contribution < 1.29 is 18.1 Å². The Balaban J connectivity index is 2.14. The van der Waals surface area contributed by atoms with Gasteiger partial charge in [-0.3, -0.25) is 15.0 Å². The van der Waals surface area contributed by atoms with Crippen LogP contribution < -0.4 is 0 Å². The molecule has 4 nitrogen and oxygen atoms in total. The van der Waals surface area contributed by atoms with Crippen LogP contribution in [0.2, 0.25) is 5.02 Å². The molecule has 1 aromatic rings. The van der Waals surface area contributed by atoms with Crippen molar-refractivity contribution in [1.29, 1.82) is 0 Å². The molecule has 20 heavy (non-hydrogen) atoms. The Morgan fingerprint density at radius 1 is 1.40 bits per heavy atom. The van der Waals surface area contributed by atoms with E-state index < -0.39 is 17.6 Å². The third kappa shape index (κ3) is 4.08. The fraction of sp³-hybridized carbons (Fsp3) is 0.500. The monoisotopic (exact) mass is 308 g/mol. The van der Waals surface area contributed by atoms with E-state index in [0.29, 0.717) is 5.56 Å². The van der Waals surface area contributed by atoms with Gasteiger partial charge in [0.1, 0.15) is 5.02 Å². The highest BCUT2D eigenvalue weighted by molar-refractivity contribution is 6.32. The molecule has 0 aliphatic heterocycles. The fourth-order valence-corrected chi connectivity index (χ4v) is 2.20. The molecule has 1 aliphatic carbocycles. The summed E-state index contributed by atoms with van der Waals surface area (Å²) in [5, 5.41) is 10.7. The smallest absolute Gasteiger partial charge is 0.288 e. The first kappa shape index (κ1) is 15.1. The van der Waals surface area contributed by atoms with Gasteiger partial charge in [0.15, 0.2) is 0 Å². The van der Waals surface area contributed by atoms with Gasteiger partial charge in [-0.1, -0.05) is 17.7 Å². The first-order chi connectivity index (χ1) is 9.26. The lowest BCUT2D eigenvalue weighted by molar-refractivity contribution is -0.384. The third-order valence-electron chi connectivity index (χ3n) is 3.04. The molecule has 1 aliphatic rings. The number of rotatable bonds is 5. The summed E-state index contributed by atoms with van der Waals surface area (Å²) in [5.74, 6) is 0. The second-order valence-electron chi connectivity index (χ2n) is 4.79. The highest BCUT2D eigenvalue weighted by Gasteiger charge is 2.38. The van der Waals surface area contributed by atoms with E-state index in [1.54, 1.807) is 0 Å². The van der Waals surface area contributed by atoms with Gasteiger partial charge in [0, 0.05) is 18.7 Å². The second kappa shape index (κ2) is 5.57. The van der Waals surface area contributed by atoms with Crippen LogP contribution in [0.3, 0.4) is 0 Å². The van der Waals surface area contributed by atoms with E-state index in [-0.39, 0.29) is 23.3 Å². The number of benzene rings is 1. The molecule has 1 saturated carbocycles.